The number of carbonyl (C=O) groups excluding carboxylic acids is 2. The van der Waals surface area contributed by atoms with Gasteiger partial charge in [-0.1, -0.05) is 31.2 Å². The number of ether oxygens (including phenoxy) is 1. The number of benzene rings is 1. The van der Waals surface area contributed by atoms with Crippen LogP contribution in [0.25, 0.3) is 0 Å². The van der Waals surface area contributed by atoms with Crippen molar-refractivity contribution in [1.29, 1.82) is 0 Å². The SMILES string of the molecule is CCc1ccccc1C(C)(C=O)NC(=O)OC(C)(C)C. The first-order valence-corrected chi connectivity index (χ1v) is 6.77. The minimum Gasteiger partial charge on any atom is -0.444 e. The predicted molar refractivity (Wildman–Crippen MR) is 78.6 cm³/mol. The Morgan fingerprint density at radius 2 is 1.85 bits per heavy atom. The van der Waals surface area contributed by atoms with Crippen molar-refractivity contribution in [3.05, 3.63) is 35.4 Å². The lowest BCUT2D eigenvalue weighted by Crippen LogP contribution is -2.47. The molecule has 0 radical (unpaired) electrons. The maximum atomic E-state index is 11.9. The number of rotatable bonds is 4. The van der Waals surface area contributed by atoms with Gasteiger partial charge in [0.1, 0.15) is 17.4 Å². The van der Waals surface area contributed by atoms with E-state index in [0.717, 1.165) is 23.8 Å². The van der Waals surface area contributed by atoms with Crippen molar-refractivity contribution in [1.82, 2.24) is 5.32 Å². The van der Waals surface area contributed by atoms with Crippen LogP contribution in [-0.4, -0.2) is 18.0 Å². The lowest BCUT2D eigenvalue weighted by molar-refractivity contribution is -0.113. The van der Waals surface area contributed by atoms with Gasteiger partial charge in [-0.3, -0.25) is 0 Å². The summed E-state index contributed by atoms with van der Waals surface area (Å²) in [7, 11) is 0. The fraction of sp³-hybridized carbons (Fsp3) is 0.500. The zero-order valence-corrected chi connectivity index (χ0v) is 12.8. The molecule has 0 saturated carbocycles. The van der Waals surface area contributed by atoms with Gasteiger partial charge in [-0.25, -0.2) is 4.79 Å². The van der Waals surface area contributed by atoms with Crippen LogP contribution in [0.5, 0.6) is 0 Å². The molecule has 1 unspecified atom stereocenters. The van der Waals surface area contributed by atoms with Gasteiger partial charge in [-0.05, 0) is 45.2 Å². The van der Waals surface area contributed by atoms with Crippen LogP contribution in [0, 0.1) is 0 Å². The third-order valence-electron chi connectivity index (χ3n) is 2.95. The quantitative estimate of drug-likeness (QED) is 0.860. The molecule has 1 N–H and O–H groups in total. The summed E-state index contributed by atoms with van der Waals surface area (Å²) in [6, 6.07) is 7.58. The van der Waals surface area contributed by atoms with E-state index in [1.807, 2.05) is 31.2 Å². The van der Waals surface area contributed by atoms with Crippen molar-refractivity contribution in [2.45, 2.75) is 52.2 Å². The number of amides is 1. The van der Waals surface area contributed by atoms with Crippen molar-refractivity contribution in [3.63, 3.8) is 0 Å². The largest absolute Gasteiger partial charge is 0.444 e. The molecule has 4 nitrogen and oxygen atoms in total. The monoisotopic (exact) mass is 277 g/mol. The molecule has 0 saturated heterocycles. The van der Waals surface area contributed by atoms with Crippen LogP contribution >= 0.6 is 0 Å². The maximum absolute atomic E-state index is 11.9. The Balaban J connectivity index is 3.03. The normalized spacial score (nSPS) is 14.2. The second-order valence-corrected chi connectivity index (χ2v) is 5.96. The van der Waals surface area contributed by atoms with Gasteiger partial charge in [-0.2, -0.15) is 0 Å². The van der Waals surface area contributed by atoms with Gasteiger partial charge >= 0.3 is 6.09 Å². The Morgan fingerprint density at radius 3 is 2.35 bits per heavy atom. The van der Waals surface area contributed by atoms with Crippen molar-refractivity contribution in [3.8, 4) is 0 Å². The molecule has 1 atom stereocenters. The van der Waals surface area contributed by atoms with Gasteiger partial charge < -0.3 is 14.8 Å². The average Bonchev–Trinajstić information content (AvgIpc) is 2.36. The average molecular weight is 277 g/mol. The van der Waals surface area contributed by atoms with E-state index in [2.05, 4.69) is 5.32 Å². The van der Waals surface area contributed by atoms with E-state index in [1.54, 1.807) is 27.7 Å². The molecule has 0 aliphatic rings. The molecular formula is C16H23NO3. The van der Waals surface area contributed by atoms with Gasteiger partial charge in [0.15, 0.2) is 0 Å². The molecule has 0 fully saturated rings. The number of carbonyl (C=O) groups is 2. The Bertz CT molecular complexity index is 491. The topological polar surface area (TPSA) is 55.4 Å². The summed E-state index contributed by atoms with van der Waals surface area (Å²) >= 11 is 0. The van der Waals surface area contributed by atoms with Crippen LogP contribution in [0.15, 0.2) is 24.3 Å². The summed E-state index contributed by atoms with van der Waals surface area (Å²) in [4.78, 5) is 23.4. The lowest BCUT2D eigenvalue weighted by Gasteiger charge is -2.29. The molecule has 1 aromatic rings. The summed E-state index contributed by atoms with van der Waals surface area (Å²) in [6.07, 6.45) is 0.930. The molecule has 0 heterocycles. The van der Waals surface area contributed by atoms with Crippen molar-refractivity contribution >= 4 is 12.4 Å². The molecule has 0 aliphatic carbocycles. The van der Waals surface area contributed by atoms with Crippen LogP contribution in [0.3, 0.4) is 0 Å². The predicted octanol–water partition coefficient (Wildman–Crippen LogP) is 3.19. The first-order chi connectivity index (χ1) is 9.22. The molecule has 0 aromatic heterocycles. The maximum Gasteiger partial charge on any atom is 0.408 e. The van der Waals surface area contributed by atoms with Crippen LogP contribution in [0.1, 0.15) is 45.7 Å². The highest BCUT2D eigenvalue weighted by Crippen LogP contribution is 2.23. The van der Waals surface area contributed by atoms with Gasteiger partial charge in [0.2, 0.25) is 0 Å². The molecule has 1 aromatic carbocycles. The van der Waals surface area contributed by atoms with Crippen molar-refractivity contribution in [2.75, 3.05) is 0 Å². The van der Waals surface area contributed by atoms with Crippen molar-refractivity contribution in [2.24, 2.45) is 0 Å². The summed E-state index contributed by atoms with van der Waals surface area (Å²) in [5, 5.41) is 2.66. The van der Waals surface area contributed by atoms with E-state index in [1.165, 1.54) is 0 Å². The number of aldehydes is 1. The number of hydrogen-bond donors (Lipinski definition) is 1. The van der Waals surface area contributed by atoms with Crippen LogP contribution < -0.4 is 5.32 Å². The van der Waals surface area contributed by atoms with E-state index < -0.39 is 17.2 Å². The van der Waals surface area contributed by atoms with E-state index >= 15 is 0 Å². The second kappa shape index (κ2) is 6.07. The summed E-state index contributed by atoms with van der Waals surface area (Å²) in [5.41, 5.74) is 0.133. The van der Waals surface area contributed by atoms with Gasteiger partial charge in [0, 0.05) is 0 Å². The first-order valence-electron chi connectivity index (χ1n) is 6.77. The highest BCUT2D eigenvalue weighted by Gasteiger charge is 2.31. The standard InChI is InChI=1S/C16H23NO3/c1-6-12-9-7-8-10-13(12)16(5,11-18)17-14(19)20-15(2,3)4/h7-11H,6H2,1-5H3,(H,17,19). The molecule has 0 bridgehead atoms. The highest BCUT2D eigenvalue weighted by molar-refractivity contribution is 5.78. The van der Waals surface area contributed by atoms with Crippen molar-refractivity contribution < 1.29 is 14.3 Å². The van der Waals surface area contributed by atoms with Crippen LogP contribution in [0.4, 0.5) is 4.79 Å². The Hall–Kier alpha value is -1.84. The van der Waals surface area contributed by atoms with Gasteiger partial charge in [-0.15, -0.1) is 0 Å². The third kappa shape index (κ3) is 4.08. The summed E-state index contributed by atoms with van der Waals surface area (Å²) < 4.78 is 5.22. The third-order valence-corrected chi connectivity index (χ3v) is 2.95. The molecule has 1 rings (SSSR count). The molecule has 1 amide bonds. The van der Waals surface area contributed by atoms with Gasteiger partial charge in [0.05, 0.1) is 0 Å². The molecular weight excluding hydrogens is 254 g/mol. The Labute approximate surface area is 120 Å². The van der Waals surface area contributed by atoms with Crippen LogP contribution in [0.2, 0.25) is 0 Å². The number of aryl methyl sites for hydroxylation is 1. The Kier molecular flexibility index (Phi) is 4.93. The molecule has 20 heavy (non-hydrogen) atoms. The van der Waals surface area contributed by atoms with E-state index in [4.69, 9.17) is 4.74 Å². The smallest absolute Gasteiger partial charge is 0.408 e. The Morgan fingerprint density at radius 1 is 1.25 bits per heavy atom. The van der Waals surface area contributed by atoms with Gasteiger partial charge in [0.25, 0.3) is 0 Å². The summed E-state index contributed by atoms with van der Waals surface area (Å²) in [6.45, 7) is 9.04. The van der Waals surface area contributed by atoms with E-state index in [9.17, 15) is 9.59 Å². The molecule has 110 valence electrons. The van der Waals surface area contributed by atoms with E-state index in [0.29, 0.717) is 0 Å². The summed E-state index contributed by atoms with van der Waals surface area (Å²) in [5.74, 6) is 0. The number of hydrogen-bond acceptors (Lipinski definition) is 3. The molecule has 4 heteroatoms. The number of nitrogens with one attached hydrogen (secondary N) is 1. The zero-order chi connectivity index (χ0) is 15.4. The fourth-order valence-electron chi connectivity index (χ4n) is 2.01. The van der Waals surface area contributed by atoms with E-state index in [-0.39, 0.29) is 0 Å². The van der Waals surface area contributed by atoms with Crippen LogP contribution in [-0.2, 0) is 21.5 Å². The highest BCUT2D eigenvalue weighted by atomic mass is 16.6. The zero-order valence-electron chi connectivity index (χ0n) is 12.8. The second-order valence-electron chi connectivity index (χ2n) is 5.96. The lowest BCUT2D eigenvalue weighted by atomic mass is 9.88. The molecule has 0 aliphatic heterocycles. The fourth-order valence-corrected chi connectivity index (χ4v) is 2.01. The minimum atomic E-state index is -1.09. The first kappa shape index (κ1) is 16.2. The number of alkyl carbamates (subject to hydrolysis) is 1. The minimum absolute atomic E-state index is 0.599. The molecule has 0 spiro atoms.